The Morgan fingerprint density at radius 3 is 2.81 bits per heavy atom. The minimum absolute atomic E-state index is 0.0917. The fraction of sp³-hybridized carbons (Fsp3) is 0.316. The van der Waals surface area contributed by atoms with Crippen LogP contribution in [0.4, 0.5) is 4.39 Å². The van der Waals surface area contributed by atoms with E-state index in [9.17, 15) is 9.18 Å². The molecule has 1 atom stereocenters. The fourth-order valence-corrected chi connectivity index (χ4v) is 4.06. The van der Waals surface area contributed by atoms with Crippen molar-refractivity contribution in [2.45, 2.75) is 12.6 Å². The van der Waals surface area contributed by atoms with E-state index in [1.165, 1.54) is 24.5 Å². The molecule has 1 aromatic carbocycles. The van der Waals surface area contributed by atoms with Crippen molar-refractivity contribution < 1.29 is 18.3 Å². The van der Waals surface area contributed by atoms with Crippen LogP contribution in [0.5, 0.6) is 0 Å². The third-order valence-corrected chi connectivity index (χ3v) is 5.41. The number of nitrogens with zero attached hydrogens (tertiary/aromatic N) is 1. The van der Waals surface area contributed by atoms with Gasteiger partial charge >= 0.3 is 0 Å². The largest absolute Gasteiger partial charge is 0.468 e. The van der Waals surface area contributed by atoms with Crippen LogP contribution in [0.2, 0.25) is 0 Å². The number of furan rings is 1. The molecule has 138 valence electrons. The van der Waals surface area contributed by atoms with Crippen LogP contribution >= 0.6 is 11.3 Å². The molecule has 1 unspecified atom stereocenters. The number of likely N-dealkylation sites (N-methyl/N-ethyl adjacent to an activating group) is 1. The fourth-order valence-electron chi connectivity index (χ4n) is 2.92. The van der Waals surface area contributed by atoms with Gasteiger partial charge in [0.2, 0.25) is 0 Å². The Labute approximate surface area is 155 Å². The molecule has 0 saturated carbocycles. The number of hydrogen-bond acceptors (Lipinski definition) is 5. The van der Waals surface area contributed by atoms with Crippen molar-refractivity contribution in [3.05, 3.63) is 58.6 Å². The van der Waals surface area contributed by atoms with Crippen LogP contribution in [-0.4, -0.2) is 38.6 Å². The van der Waals surface area contributed by atoms with Gasteiger partial charge in [-0.25, -0.2) is 4.39 Å². The summed E-state index contributed by atoms with van der Waals surface area (Å²) in [4.78, 5) is 15.2. The van der Waals surface area contributed by atoms with Gasteiger partial charge in [-0.3, -0.25) is 9.69 Å². The molecule has 26 heavy (non-hydrogen) atoms. The number of nitrogens with one attached hydrogen (secondary N) is 1. The zero-order valence-electron chi connectivity index (χ0n) is 14.9. The molecule has 0 radical (unpaired) electrons. The molecule has 0 aliphatic heterocycles. The van der Waals surface area contributed by atoms with Crippen LogP contribution < -0.4 is 5.32 Å². The molecule has 2 aromatic heterocycles. The second-order valence-electron chi connectivity index (χ2n) is 6.16. The molecule has 7 heteroatoms. The zero-order valence-corrected chi connectivity index (χ0v) is 15.7. The van der Waals surface area contributed by atoms with Crippen molar-refractivity contribution in [3.63, 3.8) is 0 Å². The van der Waals surface area contributed by atoms with E-state index in [2.05, 4.69) is 5.32 Å². The highest BCUT2D eigenvalue weighted by atomic mass is 32.1. The number of halogens is 1. The summed E-state index contributed by atoms with van der Waals surface area (Å²) in [7, 11) is 5.38. The maximum absolute atomic E-state index is 14.3. The number of methoxy groups -OCH3 is 1. The lowest BCUT2D eigenvalue weighted by molar-refractivity contribution is 0.0939. The van der Waals surface area contributed by atoms with Crippen LogP contribution in [0, 0.1) is 5.82 Å². The lowest BCUT2D eigenvalue weighted by Gasteiger charge is -2.22. The molecular formula is C19H21FN2O3S. The highest BCUT2D eigenvalue weighted by Gasteiger charge is 2.23. The van der Waals surface area contributed by atoms with E-state index in [4.69, 9.17) is 9.15 Å². The molecule has 0 aliphatic carbocycles. The molecule has 5 nitrogen and oxygen atoms in total. The number of carbonyl (C=O) groups excluding carboxylic acids is 1. The molecule has 0 saturated heterocycles. The van der Waals surface area contributed by atoms with E-state index in [0.717, 1.165) is 10.5 Å². The lowest BCUT2D eigenvalue weighted by atomic mass is 10.1. The van der Waals surface area contributed by atoms with Gasteiger partial charge in [-0.05, 0) is 38.4 Å². The van der Waals surface area contributed by atoms with Gasteiger partial charge < -0.3 is 14.5 Å². The van der Waals surface area contributed by atoms with Crippen LogP contribution in [0.1, 0.15) is 27.0 Å². The van der Waals surface area contributed by atoms with Crippen LogP contribution in [-0.2, 0) is 11.3 Å². The van der Waals surface area contributed by atoms with E-state index in [0.29, 0.717) is 22.4 Å². The number of carbonyl (C=O) groups is 1. The Kier molecular flexibility index (Phi) is 5.70. The predicted molar refractivity (Wildman–Crippen MR) is 100.0 cm³/mol. The Morgan fingerprint density at radius 1 is 1.35 bits per heavy atom. The first-order valence-corrected chi connectivity index (χ1v) is 9.01. The van der Waals surface area contributed by atoms with Gasteiger partial charge in [-0.1, -0.05) is 6.07 Å². The van der Waals surface area contributed by atoms with Crippen LogP contribution in [0.3, 0.4) is 0 Å². The number of thiophene rings is 1. The van der Waals surface area contributed by atoms with Gasteiger partial charge in [0.25, 0.3) is 5.91 Å². The Morgan fingerprint density at radius 2 is 2.15 bits per heavy atom. The Balaban J connectivity index is 1.85. The summed E-state index contributed by atoms with van der Waals surface area (Å²) in [6, 6.07) is 8.46. The Bertz CT molecular complexity index is 890. The average Bonchev–Trinajstić information content (AvgIpc) is 3.24. The molecule has 0 bridgehead atoms. The molecule has 0 fully saturated rings. The molecule has 3 rings (SSSR count). The number of benzene rings is 1. The van der Waals surface area contributed by atoms with Crippen molar-refractivity contribution in [3.8, 4) is 0 Å². The quantitative estimate of drug-likeness (QED) is 0.681. The first-order valence-electron chi connectivity index (χ1n) is 8.19. The second kappa shape index (κ2) is 7.99. The summed E-state index contributed by atoms with van der Waals surface area (Å²) in [6.07, 6.45) is 1.61. The standard InChI is InChI=1S/C19H21FN2O3S/c1-22(2)14(15-7-5-9-25-15)10-21-19(23)18-12(11-24-3)17-13(20)6-4-8-16(17)26-18/h4-9,14H,10-11H2,1-3H3,(H,21,23). The minimum atomic E-state index is -0.341. The van der Waals surface area contributed by atoms with Crippen molar-refractivity contribution in [1.29, 1.82) is 0 Å². The first-order chi connectivity index (χ1) is 12.5. The van der Waals surface area contributed by atoms with Crippen molar-refractivity contribution in [1.82, 2.24) is 10.2 Å². The van der Waals surface area contributed by atoms with Gasteiger partial charge in [0.15, 0.2) is 0 Å². The van der Waals surface area contributed by atoms with Gasteiger partial charge in [0.1, 0.15) is 11.6 Å². The van der Waals surface area contributed by atoms with Gasteiger partial charge in [0, 0.05) is 29.3 Å². The zero-order chi connectivity index (χ0) is 18.7. The number of rotatable bonds is 7. The molecule has 0 spiro atoms. The summed E-state index contributed by atoms with van der Waals surface area (Å²) in [5.41, 5.74) is 0.586. The van der Waals surface area contributed by atoms with Crippen LogP contribution in [0.25, 0.3) is 10.1 Å². The Hall–Kier alpha value is -2.22. The topological polar surface area (TPSA) is 54.7 Å². The second-order valence-corrected chi connectivity index (χ2v) is 7.21. The summed E-state index contributed by atoms with van der Waals surface area (Å²) >= 11 is 1.27. The highest BCUT2D eigenvalue weighted by Crippen LogP contribution is 2.33. The third-order valence-electron chi connectivity index (χ3n) is 4.21. The third kappa shape index (κ3) is 3.65. The number of ether oxygens (including phenoxy) is 1. The van der Waals surface area contributed by atoms with E-state index in [1.54, 1.807) is 12.3 Å². The van der Waals surface area contributed by atoms with E-state index in [1.807, 2.05) is 37.2 Å². The molecular weight excluding hydrogens is 355 g/mol. The average molecular weight is 376 g/mol. The number of amides is 1. The van der Waals surface area contributed by atoms with Gasteiger partial charge in [-0.2, -0.15) is 0 Å². The summed E-state index contributed by atoms with van der Waals surface area (Å²) in [5, 5.41) is 3.40. The van der Waals surface area contributed by atoms with Gasteiger partial charge in [0.05, 0.1) is 23.8 Å². The molecule has 3 aromatic rings. The summed E-state index contributed by atoms with van der Waals surface area (Å²) in [5.74, 6) is 0.192. The smallest absolute Gasteiger partial charge is 0.261 e. The molecule has 0 aliphatic rings. The maximum Gasteiger partial charge on any atom is 0.261 e. The minimum Gasteiger partial charge on any atom is -0.468 e. The van der Waals surface area contributed by atoms with Crippen molar-refractivity contribution in [2.24, 2.45) is 0 Å². The number of fused-ring (bicyclic) bond motifs is 1. The highest BCUT2D eigenvalue weighted by molar-refractivity contribution is 7.21. The first kappa shape index (κ1) is 18.6. The normalized spacial score (nSPS) is 12.7. The molecule has 1 amide bonds. The SMILES string of the molecule is COCc1c(C(=O)NCC(c2ccco2)N(C)C)sc2cccc(F)c12. The van der Waals surface area contributed by atoms with E-state index >= 15 is 0 Å². The molecule has 1 N–H and O–H groups in total. The number of hydrogen-bond donors (Lipinski definition) is 1. The summed E-state index contributed by atoms with van der Waals surface area (Å²) < 4.78 is 25.6. The molecule has 2 heterocycles. The van der Waals surface area contributed by atoms with E-state index in [-0.39, 0.29) is 24.4 Å². The van der Waals surface area contributed by atoms with Crippen molar-refractivity contribution in [2.75, 3.05) is 27.7 Å². The van der Waals surface area contributed by atoms with E-state index < -0.39 is 0 Å². The monoisotopic (exact) mass is 376 g/mol. The maximum atomic E-state index is 14.3. The summed E-state index contributed by atoms with van der Waals surface area (Å²) in [6.45, 7) is 0.557. The van der Waals surface area contributed by atoms with Crippen molar-refractivity contribution >= 4 is 27.3 Å². The van der Waals surface area contributed by atoms with Crippen LogP contribution in [0.15, 0.2) is 41.0 Å². The predicted octanol–water partition coefficient (Wildman–Crippen LogP) is 3.81. The lowest BCUT2D eigenvalue weighted by Crippen LogP contribution is -2.34. The van der Waals surface area contributed by atoms with Gasteiger partial charge in [-0.15, -0.1) is 11.3 Å².